The van der Waals surface area contributed by atoms with Crippen LogP contribution in [-0.2, 0) is 6.61 Å². The fourth-order valence-electron chi connectivity index (χ4n) is 3.06. The zero-order valence-electron chi connectivity index (χ0n) is 17.6. The predicted molar refractivity (Wildman–Crippen MR) is 128 cm³/mol. The number of nitrogens with one attached hydrogen (secondary N) is 2. The predicted octanol–water partition coefficient (Wildman–Crippen LogP) is 4.98. The number of amides is 1. The number of aromatic nitrogens is 2. The van der Waals surface area contributed by atoms with Crippen molar-refractivity contribution in [1.29, 1.82) is 0 Å². The van der Waals surface area contributed by atoms with E-state index in [-0.39, 0.29) is 18.0 Å². The van der Waals surface area contributed by atoms with Crippen molar-refractivity contribution in [2.45, 2.75) is 6.61 Å². The zero-order valence-corrected chi connectivity index (χ0v) is 18.4. The molecule has 0 aliphatic rings. The fraction of sp³-hybridized carbons (Fsp3) is 0.0417. The number of hydrazone groups is 1. The SMILES string of the molecule is O=C(N/N=C\c1ccc([N+](=O)[O-])cc1)c1cc(-c2ccccc2OCc2ccccc2Cl)n[nH]1. The molecule has 4 rings (SSSR count). The number of halogens is 1. The second-order valence-electron chi connectivity index (χ2n) is 7.09. The lowest BCUT2D eigenvalue weighted by molar-refractivity contribution is -0.384. The van der Waals surface area contributed by atoms with E-state index in [0.29, 0.717) is 27.6 Å². The molecule has 4 aromatic rings. The Bertz CT molecular complexity index is 1350. The van der Waals surface area contributed by atoms with Crippen LogP contribution in [0.2, 0.25) is 5.02 Å². The molecule has 0 aliphatic carbocycles. The van der Waals surface area contributed by atoms with Crippen molar-refractivity contribution in [1.82, 2.24) is 15.6 Å². The summed E-state index contributed by atoms with van der Waals surface area (Å²) in [4.78, 5) is 22.6. The molecule has 0 spiro atoms. The molecular weight excluding hydrogens is 458 g/mol. The van der Waals surface area contributed by atoms with Crippen LogP contribution in [-0.4, -0.2) is 27.2 Å². The topological polar surface area (TPSA) is 123 Å². The minimum Gasteiger partial charge on any atom is -0.488 e. The summed E-state index contributed by atoms with van der Waals surface area (Å²) < 4.78 is 5.96. The van der Waals surface area contributed by atoms with Gasteiger partial charge in [-0.2, -0.15) is 10.2 Å². The number of nitro groups is 1. The number of hydrogen-bond acceptors (Lipinski definition) is 6. The van der Waals surface area contributed by atoms with E-state index in [0.717, 1.165) is 5.56 Å². The lowest BCUT2D eigenvalue weighted by atomic mass is 10.1. The highest BCUT2D eigenvalue weighted by Gasteiger charge is 2.14. The maximum absolute atomic E-state index is 12.4. The Morgan fingerprint density at radius 1 is 1.12 bits per heavy atom. The Morgan fingerprint density at radius 3 is 2.62 bits per heavy atom. The summed E-state index contributed by atoms with van der Waals surface area (Å²) >= 11 is 6.21. The molecule has 34 heavy (non-hydrogen) atoms. The summed E-state index contributed by atoms with van der Waals surface area (Å²) in [5.74, 6) is 0.100. The van der Waals surface area contributed by atoms with Crippen LogP contribution in [0.4, 0.5) is 5.69 Å². The number of nitro benzene ring substituents is 1. The van der Waals surface area contributed by atoms with Crippen LogP contribution in [0.5, 0.6) is 5.75 Å². The van der Waals surface area contributed by atoms with Gasteiger partial charge in [-0.25, -0.2) is 5.43 Å². The molecule has 1 amide bonds. The molecule has 0 atom stereocenters. The molecule has 3 aromatic carbocycles. The van der Waals surface area contributed by atoms with E-state index < -0.39 is 10.8 Å². The smallest absolute Gasteiger partial charge is 0.289 e. The monoisotopic (exact) mass is 475 g/mol. The fourth-order valence-corrected chi connectivity index (χ4v) is 3.25. The number of para-hydroxylation sites is 1. The highest BCUT2D eigenvalue weighted by Crippen LogP contribution is 2.30. The van der Waals surface area contributed by atoms with E-state index in [1.807, 2.05) is 42.5 Å². The number of carbonyl (C=O) groups is 1. The Hall–Kier alpha value is -4.50. The highest BCUT2D eigenvalue weighted by molar-refractivity contribution is 6.31. The molecule has 1 heterocycles. The van der Waals surface area contributed by atoms with Crippen molar-refractivity contribution in [3.8, 4) is 17.0 Å². The zero-order chi connectivity index (χ0) is 23.9. The third-order valence-electron chi connectivity index (χ3n) is 4.81. The number of nitrogens with zero attached hydrogens (tertiary/aromatic N) is 3. The maximum atomic E-state index is 12.4. The summed E-state index contributed by atoms with van der Waals surface area (Å²) in [6, 6.07) is 22.1. The number of non-ortho nitro benzene ring substituents is 1. The Kier molecular flexibility index (Phi) is 6.95. The second-order valence-corrected chi connectivity index (χ2v) is 7.50. The van der Waals surface area contributed by atoms with Crippen LogP contribution >= 0.6 is 11.6 Å². The van der Waals surface area contributed by atoms with Gasteiger partial charge in [0, 0.05) is 28.3 Å². The quantitative estimate of drug-likeness (QED) is 0.211. The van der Waals surface area contributed by atoms with Crippen molar-refractivity contribution < 1.29 is 14.5 Å². The van der Waals surface area contributed by atoms with Gasteiger partial charge in [-0.1, -0.05) is 41.9 Å². The van der Waals surface area contributed by atoms with Gasteiger partial charge in [0.05, 0.1) is 16.8 Å². The van der Waals surface area contributed by atoms with Crippen LogP contribution in [0, 0.1) is 10.1 Å². The van der Waals surface area contributed by atoms with Crippen LogP contribution in [0.3, 0.4) is 0 Å². The largest absolute Gasteiger partial charge is 0.488 e. The molecule has 0 radical (unpaired) electrons. The van der Waals surface area contributed by atoms with Gasteiger partial charge in [-0.15, -0.1) is 0 Å². The van der Waals surface area contributed by atoms with Gasteiger partial charge in [0.25, 0.3) is 11.6 Å². The van der Waals surface area contributed by atoms with E-state index in [1.54, 1.807) is 12.1 Å². The van der Waals surface area contributed by atoms with Gasteiger partial charge in [-0.3, -0.25) is 20.0 Å². The lowest BCUT2D eigenvalue weighted by Gasteiger charge is -2.11. The summed E-state index contributed by atoms with van der Waals surface area (Å²) in [5, 5.41) is 22.1. The van der Waals surface area contributed by atoms with E-state index >= 15 is 0 Å². The molecule has 0 saturated heterocycles. The molecule has 0 bridgehead atoms. The van der Waals surface area contributed by atoms with Crippen LogP contribution in [0.25, 0.3) is 11.3 Å². The average molecular weight is 476 g/mol. The molecule has 0 aliphatic heterocycles. The first kappa shape index (κ1) is 22.7. The Morgan fingerprint density at radius 2 is 1.85 bits per heavy atom. The van der Waals surface area contributed by atoms with Gasteiger partial charge in [0.15, 0.2) is 0 Å². The van der Waals surface area contributed by atoms with E-state index in [1.165, 1.54) is 30.5 Å². The van der Waals surface area contributed by atoms with Crippen molar-refractivity contribution in [2.24, 2.45) is 5.10 Å². The minimum absolute atomic E-state index is 0.0256. The number of rotatable bonds is 8. The van der Waals surface area contributed by atoms with Gasteiger partial charge in [0.2, 0.25) is 0 Å². The summed E-state index contributed by atoms with van der Waals surface area (Å²) in [5.41, 5.74) is 5.26. The normalized spacial score (nSPS) is 10.9. The standard InChI is InChI=1S/C24H18ClN5O4/c25-20-7-3-1-5-17(20)15-34-23-8-4-2-6-19(23)21-13-22(28-27-21)24(31)29-26-14-16-9-11-18(12-10-16)30(32)33/h1-14H,15H2,(H,27,28)(H,29,31)/b26-14-. The summed E-state index contributed by atoms with van der Waals surface area (Å²) in [6.45, 7) is 0.284. The number of carbonyl (C=O) groups excluding carboxylic acids is 1. The number of benzene rings is 3. The molecule has 9 nitrogen and oxygen atoms in total. The third kappa shape index (κ3) is 5.45. The molecule has 1 aromatic heterocycles. The number of hydrogen-bond donors (Lipinski definition) is 2. The molecule has 0 saturated carbocycles. The lowest BCUT2D eigenvalue weighted by Crippen LogP contribution is -2.18. The maximum Gasteiger partial charge on any atom is 0.289 e. The summed E-state index contributed by atoms with van der Waals surface area (Å²) in [6.07, 6.45) is 1.39. The van der Waals surface area contributed by atoms with E-state index in [2.05, 4.69) is 20.7 Å². The highest BCUT2D eigenvalue weighted by atomic mass is 35.5. The van der Waals surface area contributed by atoms with Gasteiger partial charge < -0.3 is 4.74 Å². The molecule has 170 valence electrons. The first-order chi connectivity index (χ1) is 16.5. The number of ether oxygens (including phenoxy) is 1. The Labute approximate surface area is 199 Å². The second kappa shape index (κ2) is 10.4. The molecule has 0 unspecified atom stereocenters. The van der Waals surface area contributed by atoms with Crippen molar-refractivity contribution >= 4 is 29.4 Å². The van der Waals surface area contributed by atoms with Gasteiger partial charge >= 0.3 is 0 Å². The average Bonchev–Trinajstić information content (AvgIpc) is 3.34. The third-order valence-corrected chi connectivity index (χ3v) is 5.18. The molecule has 10 heteroatoms. The molecule has 2 N–H and O–H groups in total. The van der Waals surface area contributed by atoms with Gasteiger partial charge in [0.1, 0.15) is 18.1 Å². The van der Waals surface area contributed by atoms with E-state index in [4.69, 9.17) is 16.3 Å². The van der Waals surface area contributed by atoms with Crippen LogP contribution in [0.1, 0.15) is 21.6 Å². The Balaban J connectivity index is 1.42. The van der Waals surface area contributed by atoms with Gasteiger partial charge in [-0.05, 0) is 42.0 Å². The number of H-pyrrole nitrogens is 1. The first-order valence-electron chi connectivity index (χ1n) is 10.1. The van der Waals surface area contributed by atoms with Crippen LogP contribution in [0.15, 0.2) is 84.0 Å². The summed E-state index contributed by atoms with van der Waals surface area (Å²) in [7, 11) is 0. The molecular formula is C24H18ClN5O4. The minimum atomic E-state index is -0.494. The van der Waals surface area contributed by atoms with Crippen molar-refractivity contribution in [2.75, 3.05) is 0 Å². The first-order valence-corrected chi connectivity index (χ1v) is 10.5. The molecule has 0 fully saturated rings. The van der Waals surface area contributed by atoms with Crippen molar-refractivity contribution in [3.05, 3.63) is 111 Å². The van der Waals surface area contributed by atoms with E-state index in [9.17, 15) is 14.9 Å². The number of aromatic amines is 1. The van der Waals surface area contributed by atoms with Crippen LogP contribution < -0.4 is 10.2 Å². The van der Waals surface area contributed by atoms with Crippen molar-refractivity contribution in [3.63, 3.8) is 0 Å².